The number of amides is 1. The summed E-state index contributed by atoms with van der Waals surface area (Å²) in [6.45, 7) is 1.76. The predicted molar refractivity (Wildman–Crippen MR) is 78.3 cm³/mol. The number of halogens is 1. The number of nitrogens with zero attached hydrogens (tertiary/aromatic N) is 3. The molecule has 2 heterocycles. The van der Waals surface area contributed by atoms with Crippen LogP contribution >= 0.6 is 11.3 Å². The Labute approximate surface area is 124 Å². The smallest absolute Gasteiger partial charge is 0.277 e. The number of hydrogen-bond acceptors (Lipinski definition) is 4. The molecule has 0 bridgehead atoms. The molecule has 0 atom stereocenters. The first-order valence-electron chi connectivity index (χ1n) is 6.17. The fraction of sp³-hybridized carbons (Fsp3) is 0.0714. The van der Waals surface area contributed by atoms with Crippen molar-refractivity contribution >= 4 is 22.4 Å². The van der Waals surface area contributed by atoms with Gasteiger partial charge in [0.05, 0.1) is 0 Å². The summed E-state index contributed by atoms with van der Waals surface area (Å²) in [6.07, 6.45) is 1.60. The average molecular weight is 302 g/mol. The fourth-order valence-corrected chi connectivity index (χ4v) is 2.42. The number of anilines is 1. The Bertz CT molecular complexity index is 782. The highest BCUT2D eigenvalue weighted by atomic mass is 32.1. The van der Waals surface area contributed by atoms with Gasteiger partial charge in [-0.15, -0.1) is 11.3 Å². The lowest BCUT2D eigenvalue weighted by Crippen LogP contribution is -2.13. The van der Waals surface area contributed by atoms with Crippen molar-refractivity contribution in [3.05, 3.63) is 59.1 Å². The van der Waals surface area contributed by atoms with Crippen molar-refractivity contribution < 1.29 is 9.18 Å². The van der Waals surface area contributed by atoms with Crippen LogP contribution in [0.15, 0.2) is 41.9 Å². The molecule has 0 aliphatic carbocycles. The summed E-state index contributed by atoms with van der Waals surface area (Å²) in [5.41, 5.74) is 1.19. The Morgan fingerprint density at radius 3 is 2.90 bits per heavy atom. The van der Waals surface area contributed by atoms with Crippen LogP contribution in [0.5, 0.6) is 0 Å². The van der Waals surface area contributed by atoms with Crippen LogP contribution in [0.4, 0.5) is 9.52 Å². The van der Waals surface area contributed by atoms with Crippen molar-refractivity contribution in [3.63, 3.8) is 0 Å². The maximum absolute atomic E-state index is 13.8. The van der Waals surface area contributed by atoms with Crippen LogP contribution in [0.25, 0.3) is 5.69 Å². The normalized spacial score (nSPS) is 10.6. The van der Waals surface area contributed by atoms with Crippen LogP contribution < -0.4 is 5.32 Å². The molecule has 2 aromatic heterocycles. The quantitative estimate of drug-likeness (QED) is 0.809. The summed E-state index contributed by atoms with van der Waals surface area (Å²) in [6, 6.07) is 7.89. The molecule has 0 aliphatic heterocycles. The molecule has 1 aromatic carbocycles. The zero-order chi connectivity index (χ0) is 14.8. The van der Waals surface area contributed by atoms with Gasteiger partial charge in [-0.05, 0) is 25.1 Å². The van der Waals surface area contributed by atoms with Gasteiger partial charge < -0.3 is 0 Å². The van der Waals surface area contributed by atoms with Crippen LogP contribution in [0, 0.1) is 12.7 Å². The molecule has 3 aromatic rings. The van der Waals surface area contributed by atoms with Crippen LogP contribution in [0.1, 0.15) is 16.2 Å². The van der Waals surface area contributed by atoms with Crippen LogP contribution in [0.2, 0.25) is 0 Å². The number of para-hydroxylation sites is 1. The van der Waals surface area contributed by atoms with E-state index < -0.39 is 5.82 Å². The number of aryl methyl sites for hydroxylation is 1. The van der Waals surface area contributed by atoms with Gasteiger partial charge >= 0.3 is 0 Å². The molecule has 21 heavy (non-hydrogen) atoms. The lowest BCUT2D eigenvalue weighted by Gasteiger charge is -2.04. The molecule has 0 unspecified atom stereocenters. The largest absolute Gasteiger partial charge is 0.296 e. The van der Waals surface area contributed by atoms with Gasteiger partial charge in [0.25, 0.3) is 5.91 Å². The summed E-state index contributed by atoms with van der Waals surface area (Å²) < 4.78 is 15.2. The molecule has 0 aliphatic rings. The van der Waals surface area contributed by atoms with Gasteiger partial charge in [0, 0.05) is 17.3 Å². The lowest BCUT2D eigenvalue weighted by atomic mass is 10.3. The first-order valence-corrected chi connectivity index (χ1v) is 7.05. The molecule has 0 spiro atoms. The maximum atomic E-state index is 13.8. The molecule has 3 rings (SSSR count). The Morgan fingerprint density at radius 2 is 2.19 bits per heavy atom. The molecule has 7 heteroatoms. The zero-order valence-electron chi connectivity index (χ0n) is 11.1. The van der Waals surface area contributed by atoms with Crippen LogP contribution in [-0.4, -0.2) is 20.7 Å². The number of nitrogens with one attached hydrogen (secondary N) is 1. The average Bonchev–Trinajstić information content (AvgIpc) is 3.09. The third-order valence-corrected chi connectivity index (χ3v) is 3.54. The lowest BCUT2D eigenvalue weighted by molar-refractivity contribution is 0.102. The van der Waals surface area contributed by atoms with E-state index in [-0.39, 0.29) is 11.6 Å². The third kappa shape index (κ3) is 2.68. The molecule has 1 N–H and O–H groups in total. The summed E-state index contributed by atoms with van der Waals surface area (Å²) >= 11 is 1.32. The van der Waals surface area contributed by atoms with E-state index in [1.807, 2.05) is 0 Å². The number of rotatable bonds is 3. The third-order valence-electron chi connectivity index (χ3n) is 2.85. The van der Waals surface area contributed by atoms with Gasteiger partial charge in [-0.25, -0.2) is 14.1 Å². The summed E-state index contributed by atoms with van der Waals surface area (Å²) in [7, 11) is 0. The van der Waals surface area contributed by atoms with E-state index in [0.29, 0.717) is 16.5 Å². The second-order valence-electron chi connectivity index (χ2n) is 4.33. The van der Waals surface area contributed by atoms with E-state index in [1.54, 1.807) is 42.8 Å². The zero-order valence-corrected chi connectivity index (χ0v) is 11.9. The molecular weight excluding hydrogens is 291 g/mol. The fourth-order valence-electron chi connectivity index (χ4n) is 1.90. The molecular formula is C14H11FN4OS. The van der Waals surface area contributed by atoms with E-state index in [0.717, 1.165) is 0 Å². The minimum Gasteiger partial charge on any atom is -0.296 e. The Morgan fingerprint density at radius 1 is 1.38 bits per heavy atom. The predicted octanol–water partition coefficient (Wildman–Crippen LogP) is 3.03. The van der Waals surface area contributed by atoms with Crippen molar-refractivity contribution in [2.75, 3.05) is 5.32 Å². The van der Waals surface area contributed by atoms with Crippen molar-refractivity contribution in [2.24, 2.45) is 0 Å². The number of aromatic nitrogens is 3. The van der Waals surface area contributed by atoms with Crippen molar-refractivity contribution in [1.82, 2.24) is 14.8 Å². The van der Waals surface area contributed by atoms with Crippen molar-refractivity contribution in [1.29, 1.82) is 0 Å². The van der Waals surface area contributed by atoms with Gasteiger partial charge in [-0.2, -0.15) is 5.10 Å². The SMILES string of the molecule is Cc1cc(C(=O)Nc2nccs2)nn1-c1ccccc1F. The minimum absolute atomic E-state index is 0.214. The van der Waals surface area contributed by atoms with Gasteiger partial charge in [0.1, 0.15) is 11.5 Å². The summed E-state index contributed by atoms with van der Waals surface area (Å²) in [5.74, 6) is -0.765. The van der Waals surface area contributed by atoms with Gasteiger partial charge in [-0.3, -0.25) is 10.1 Å². The van der Waals surface area contributed by atoms with E-state index in [4.69, 9.17) is 0 Å². The Hall–Kier alpha value is -2.54. The molecule has 1 amide bonds. The van der Waals surface area contributed by atoms with Crippen LogP contribution in [0.3, 0.4) is 0 Å². The van der Waals surface area contributed by atoms with Crippen molar-refractivity contribution in [2.45, 2.75) is 6.92 Å². The second-order valence-corrected chi connectivity index (χ2v) is 5.22. The standard InChI is InChI=1S/C14H11FN4OS/c1-9-8-11(13(20)17-14-16-6-7-21-14)18-19(9)12-5-3-2-4-10(12)15/h2-8H,1H3,(H,16,17,20). The topological polar surface area (TPSA) is 59.8 Å². The molecule has 0 saturated carbocycles. The van der Waals surface area contributed by atoms with Crippen LogP contribution in [-0.2, 0) is 0 Å². The summed E-state index contributed by atoms with van der Waals surface area (Å²) in [5, 5.41) is 9.07. The monoisotopic (exact) mass is 302 g/mol. The van der Waals surface area contributed by atoms with Gasteiger partial charge in [-0.1, -0.05) is 12.1 Å². The minimum atomic E-state index is -0.393. The molecule has 5 nitrogen and oxygen atoms in total. The number of hydrogen-bond donors (Lipinski definition) is 1. The number of carbonyl (C=O) groups is 1. The molecule has 0 saturated heterocycles. The number of thiazole rings is 1. The number of carbonyl (C=O) groups excluding carboxylic acids is 1. The second kappa shape index (κ2) is 5.45. The summed E-state index contributed by atoms with van der Waals surface area (Å²) in [4.78, 5) is 16.1. The van der Waals surface area contributed by atoms with Crippen molar-refractivity contribution in [3.8, 4) is 5.69 Å². The van der Waals surface area contributed by atoms with Gasteiger partial charge in [0.15, 0.2) is 10.8 Å². The Kier molecular flexibility index (Phi) is 3.49. The maximum Gasteiger partial charge on any atom is 0.277 e. The molecule has 0 fully saturated rings. The van der Waals surface area contributed by atoms with E-state index >= 15 is 0 Å². The first kappa shape index (κ1) is 13.4. The van der Waals surface area contributed by atoms with Gasteiger partial charge in [0.2, 0.25) is 0 Å². The van der Waals surface area contributed by atoms with E-state index in [2.05, 4.69) is 15.4 Å². The highest BCUT2D eigenvalue weighted by Crippen LogP contribution is 2.17. The molecule has 0 radical (unpaired) electrons. The first-order chi connectivity index (χ1) is 10.1. The highest BCUT2D eigenvalue weighted by molar-refractivity contribution is 7.13. The van der Waals surface area contributed by atoms with E-state index in [9.17, 15) is 9.18 Å². The van der Waals surface area contributed by atoms with E-state index in [1.165, 1.54) is 22.1 Å². The highest BCUT2D eigenvalue weighted by Gasteiger charge is 2.15. The number of benzene rings is 1. The Balaban J connectivity index is 1.91. The molecule has 106 valence electrons.